The summed E-state index contributed by atoms with van der Waals surface area (Å²) in [4.78, 5) is 17.9. The number of allylic oxidation sites excluding steroid dienone is 2. The SMILES string of the molecule is CCOc1ccc(C2C3=C(CCCC3=O)Nc3nc(-c4ccccc4C)nn32)cc1OC. The lowest BCUT2D eigenvalue weighted by Crippen LogP contribution is -2.31. The zero-order valence-corrected chi connectivity index (χ0v) is 18.5. The van der Waals surface area contributed by atoms with E-state index in [1.165, 1.54) is 0 Å². The third-order valence-electron chi connectivity index (χ3n) is 6.06. The van der Waals surface area contributed by atoms with Gasteiger partial charge in [-0.1, -0.05) is 30.3 Å². The Balaban J connectivity index is 1.67. The monoisotopic (exact) mass is 430 g/mol. The first-order chi connectivity index (χ1) is 15.6. The summed E-state index contributed by atoms with van der Waals surface area (Å²) in [7, 11) is 1.62. The number of hydrogen-bond donors (Lipinski definition) is 1. The molecule has 2 heterocycles. The Morgan fingerprint density at radius 2 is 2.00 bits per heavy atom. The number of methoxy groups -OCH3 is 1. The fourth-order valence-corrected chi connectivity index (χ4v) is 4.53. The van der Waals surface area contributed by atoms with Crippen molar-refractivity contribution in [3.8, 4) is 22.9 Å². The van der Waals surface area contributed by atoms with Crippen LogP contribution < -0.4 is 14.8 Å². The van der Waals surface area contributed by atoms with Gasteiger partial charge in [0.25, 0.3) is 0 Å². The van der Waals surface area contributed by atoms with Gasteiger partial charge in [-0.05, 0) is 49.9 Å². The van der Waals surface area contributed by atoms with Crippen LogP contribution in [0.4, 0.5) is 5.95 Å². The molecule has 2 aliphatic rings. The smallest absolute Gasteiger partial charge is 0.226 e. The number of benzene rings is 2. The molecule has 1 atom stereocenters. The highest BCUT2D eigenvalue weighted by Gasteiger charge is 2.37. The second kappa shape index (κ2) is 8.15. The average Bonchev–Trinajstić information content (AvgIpc) is 3.22. The molecule has 1 N–H and O–H groups in total. The molecular formula is C25H26N4O3. The number of aromatic nitrogens is 3. The number of Topliss-reactive ketones (excluding diaryl/α,β-unsaturated/α-hetero) is 1. The largest absolute Gasteiger partial charge is 0.493 e. The normalized spacial score (nSPS) is 17.5. The summed E-state index contributed by atoms with van der Waals surface area (Å²) < 4.78 is 13.1. The van der Waals surface area contributed by atoms with Gasteiger partial charge in [-0.15, -0.1) is 5.10 Å². The molecule has 0 spiro atoms. The molecule has 1 aromatic heterocycles. The summed E-state index contributed by atoms with van der Waals surface area (Å²) >= 11 is 0. The quantitative estimate of drug-likeness (QED) is 0.633. The number of rotatable bonds is 5. The van der Waals surface area contributed by atoms with Crippen LogP contribution in [0.3, 0.4) is 0 Å². The first-order valence-corrected chi connectivity index (χ1v) is 11.0. The molecule has 7 nitrogen and oxygen atoms in total. The Morgan fingerprint density at radius 1 is 1.16 bits per heavy atom. The van der Waals surface area contributed by atoms with E-state index in [-0.39, 0.29) is 11.8 Å². The van der Waals surface area contributed by atoms with Crippen molar-refractivity contribution in [1.29, 1.82) is 0 Å². The lowest BCUT2D eigenvalue weighted by Gasteiger charge is -2.32. The van der Waals surface area contributed by atoms with E-state index in [1.54, 1.807) is 7.11 Å². The Hall–Kier alpha value is -3.61. The average molecular weight is 431 g/mol. The summed E-state index contributed by atoms with van der Waals surface area (Å²) in [6.07, 6.45) is 2.20. The Morgan fingerprint density at radius 3 is 2.78 bits per heavy atom. The molecule has 2 aromatic carbocycles. The van der Waals surface area contributed by atoms with Crippen molar-refractivity contribution in [2.45, 2.75) is 39.2 Å². The third-order valence-corrected chi connectivity index (χ3v) is 6.06. The molecule has 1 unspecified atom stereocenters. The Bertz CT molecular complexity index is 1230. The molecule has 0 amide bonds. The number of carbonyl (C=O) groups excluding carboxylic acids is 1. The van der Waals surface area contributed by atoms with E-state index in [9.17, 15) is 4.79 Å². The molecule has 3 aromatic rings. The number of nitrogens with one attached hydrogen (secondary N) is 1. The highest BCUT2D eigenvalue weighted by Crippen LogP contribution is 2.42. The van der Waals surface area contributed by atoms with Crippen molar-refractivity contribution in [3.63, 3.8) is 0 Å². The van der Waals surface area contributed by atoms with Crippen LogP contribution in [-0.4, -0.2) is 34.3 Å². The van der Waals surface area contributed by atoms with Crippen LogP contribution in [0.25, 0.3) is 11.4 Å². The first-order valence-electron chi connectivity index (χ1n) is 11.0. The van der Waals surface area contributed by atoms with Gasteiger partial charge in [0.1, 0.15) is 6.04 Å². The van der Waals surface area contributed by atoms with Gasteiger partial charge in [0.2, 0.25) is 5.95 Å². The van der Waals surface area contributed by atoms with Crippen molar-refractivity contribution >= 4 is 11.7 Å². The minimum atomic E-state index is -0.371. The number of hydrogen-bond acceptors (Lipinski definition) is 6. The topological polar surface area (TPSA) is 78.3 Å². The summed E-state index contributed by atoms with van der Waals surface area (Å²) in [6.45, 7) is 4.53. The maximum absolute atomic E-state index is 13.1. The summed E-state index contributed by atoms with van der Waals surface area (Å²) in [5.74, 6) is 2.75. The molecule has 164 valence electrons. The second-order valence-corrected chi connectivity index (χ2v) is 8.06. The zero-order valence-electron chi connectivity index (χ0n) is 18.5. The van der Waals surface area contributed by atoms with Gasteiger partial charge in [0.05, 0.1) is 13.7 Å². The van der Waals surface area contributed by atoms with Crippen molar-refractivity contribution in [2.24, 2.45) is 0 Å². The van der Waals surface area contributed by atoms with Crippen LogP contribution in [0.15, 0.2) is 53.7 Å². The molecule has 1 aliphatic carbocycles. The standard InChI is InChI=1S/C25H26N4O3/c1-4-32-20-13-12-16(14-21(20)31-3)23-22-18(10-7-11-19(22)30)26-25-27-24(28-29(23)25)17-9-6-5-8-15(17)2/h5-6,8-9,12-14,23H,4,7,10-11H2,1-3H3,(H,26,27,28). The lowest BCUT2D eigenvalue weighted by atomic mass is 9.85. The van der Waals surface area contributed by atoms with Gasteiger partial charge in [-0.3, -0.25) is 4.79 Å². The maximum atomic E-state index is 13.1. The number of nitrogens with zero attached hydrogens (tertiary/aromatic N) is 3. The summed E-state index contributed by atoms with van der Waals surface area (Å²) in [5, 5.41) is 8.26. The Labute approximate surface area is 187 Å². The van der Waals surface area contributed by atoms with Crippen LogP contribution in [-0.2, 0) is 4.79 Å². The van der Waals surface area contributed by atoms with Crippen molar-refractivity contribution in [2.75, 3.05) is 19.0 Å². The zero-order chi connectivity index (χ0) is 22.2. The summed E-state index contributed by atoms with van der Waals surface area (Å²) in [5.41, 5.74) is 4.69. The Kier molecular flexibility index (Phi) is 5.17. The van der Waals surface area contributed by atoms with Crippen molar-refractivity contribution < 1.29 is 14.3 Å². The number of ether oxygens (including phenoxy) is 2. The van der Waals surface area contributed by atoms with Crippen LogP contribution in [0.5, 0.6) is 11.5 Å². The van der Waals surface area contributed by atoms with Gasteiger partial charge >= 0.3 is 0 Å². The van der Waals surface area contributed by atoms with Crippen molar-refractivity contribution in [1.82, 2.24) is 14.8 Å². The predicted molar refractivity (Wildman–Crippen MR) is 122 cm³/mol. The van der Waals surface area contributed by atoms with Crippen LogP contribution in [0.2, 0.25) is 0 Å². The van der Waals surface area contributed by atoms with Crippen LogP contribution in [0.1, 0.15) is 43.4 Å². The van der Waals surface area contributed by atoms with E-state index < -0.39 is 0 Å². The van der Waals surface area contributed by atoms with E-state index >= 15 is 0 Å². The van der Waals surface area contributed by atoms with Crippen LogP contribution >= 0.6 is 0 Å². The van der Waals surface area contributed by atoms with Gasteiger partial charge in [0.15, 0.2) is 23.1 Å². The van der Waals surface area contributed by atoms with E-state index in [0.29, 0.717) is 36.3 Å². The highest BCUT2D eigenvalue weighted by molar-refractivity contribution is 5.99. The second-order valence-electron chi connectivity index (χ2n) is 8.06. The molecule has 0 bridgehead atoms. The third kappa shape index (κ3) is 3.34. The maximum Gasteiger partial charge on any atom is 0.226 e. The number of fused-ring (bicyclic) bond motifs is 1. The molecule has 5 rings (SSSR count). The molecular weight excluding hydrogens is 404 g/mol. The minimum absolute atomic E-state index is 0.148. The fraction of sp³-hybridized carbons (Fsp3) is 0.320. The van der Waals surface area contributed by atoms with Crippen molar-refractivity contribution in [3.05, 3.63) is 64.9 Å². The van der Waals surface area contributed by atoms with E-state index in [1.807, 2.05) is 61.0 Å². The van der Waals surface area contributed by atoms with Gasteiger partial charge in [-0.2, -0.15) is 4.98 Å². The number of anilines is 1. The van der Waals surface area contributed by atoms with Gasteiger partial charge in [-0.25, -0.2) is 4.68 Å². The van der Waals surface area contributed by atoms with Crippen LogP contribution in [0, 0.1) is 6.92 Å². The van der Waals surface area contributed by atoms with Gasteiger partial charge in [0, 0.05) is 23.3 Å². The molecule has 1 aliphatic heterocycles. The minimum Gasteiger partial charge on any atom is -0.493 e. The summed E-state index contributed by atoms with van der Waals surface area (Å²) in [6, 6.07) is 13.5. The highest BCUT2D eigenvalue weighted by atomic mass is 16.5. The molecule has 7 heteroatoms. The molecule has 32 heavy (non-hydrogen) atoms. The molecule has 0 saturated carbocycles. The fourth-order valence-electron chi connectivity index (χ4n) is 4.53. The number of aryl methyl sites for hydroxylation is 1. The predicted octanol–water partition coefficient (Wildman–Crippen LogP) is 4.68. The van der Waals surface area contributed by atoms with E-state index in [0.717, 1.165) is 40.8 Å². The molecule has 0 saturated heterocycles. The number of carbonyl (C=O) groups is 1. The number of ketones is 1. The first kappa shape index (κ1) is 20.3. The lowest BCUT2D eigenvalue weighted by molar-refractivity contribution is -0.116. The molecule has 0 fully saturated rings. The molecule has 0 radical (unpaired) electrons. The van der Waals surface area contributed by atoms with Gasteiger partial charge < -0.3 is 14.8 Å². The van der Waals surface area contributed by atoms with E-state index in [2.05, 4.69) is 5.32 Å². The van der Waals surface area contributed by atoms with E-state index in [4.69, 9.17) is 19.6 Å².